The molecule has 0 radical (unpaired) electrons. The van der Waals surface area contributed by atoms with E-state index in [1.54, 1.807) is 7.11 Å². The normalized spacial score (nSPS) is 18.7. The van der Waals surface area contributed by atoms with Crippen LogP contribution in [0.5, 0.6) is 17.2 Å². The molecule has 2 heterocycles. The van der Waals surface area contributed by atoms with Gasteiger partial charge in [-0.1, -0.05) is 18.2 Å². The number of aromatic nitrogens is 2. The number of hydrogen-bond donors (Lipinski definition) is 1. The molecule has 3 aromatic rings. The van der Waals surface area contributed by atoms with Gasteiger partial charge in [-0.25, -0.2) is 0 Å². The molecule has 1 aliphatic rings. The van der Waals surface area contributed by atoms with E-state index in [4.69, 9.17) is 18.9 Å². The maximum Gasteiger partial charge on any atom is 0.161 e. The topological polar surface area (TPSA) is 78.2 Å². The molecular formula is C27H35N3O5. The Balaban J connectivity index is 1.37. The van der Waals surface area contributed by atoms with Crippen LogP contribution in [0.3, 0.4) is 0 Å². The van der Waals surface area contributed by atoms with Gasteiger partial charge in [0.25, 0.3) is 0 Å². The molecule has 0 bridgehead atoms. The molecule has 4 rings (SSSR count). The van der Waals surface area contributed by atoms with Crippen molar-refractivity contribution in [2.75, 3.05) is 46.6 Å². The van der Waals surface area contributed by atoms with E-state index >= 15 is 0 Å². The summed E-state index contributed by atoms with van der Waals surface area (Å²) in [7, 11) is 1.64. The minimum absolute atomic E-state index is 0.164. The second kappa shape index (κ2) is 11.6. The third kappa shape index (κ3) is 7.21. The van der Waals surface area contributed by atoms with Crippen molar-refractivity contribution in [2.45, 2.75) is 32.5 Å². The number of benzene rings is 2. The number of rotatable bonds is 10. The summed E-state index contributed by atoms with van der Waals surface area (Å²) >= 11 is 0. The van der Waals surface area contributed by atoms with Crippen LogP contribution in [0.4, 0.5) is 0 Å². The van der Waals surface area contributed by atoms with E-state index in [9.17, 15) is 5.11 Å². The first-order valence-electron chi connectivity index (χ1n) is 11.9. The molecule has 1 atom stereocenters. The van der Waals surface area contributed by atoms with E-state index < -0.39 is 5.60 Å². The second-order valence-electron chi connectivity index (χ2n) is 9.21. The van der Waals surface area contributed by atoms with Crippen molar-refractivity contribution < 1.29 is 24.1 Å². The Labute approximate surface area is 207 Å². The highest BCUT2D eigenvalue weighted by molar-refractivity contribution is 5.43. The largest absolute Gasteiger partial charge is 0.493 e. The summed E-state index contributed by atoms with van der Waals surface area (Å²) in [4.78, 5) is 2.19. The Morgan fingerprint density at radius 2 is 1.97 bits per heavy atom. The Bertz CT molecular complexity index is 1100. The zero-order valence-corrected chi connectivity index (χ0v) is 20.8. The molecule has 1 aromatic heterocycles. The lowest BCUT2D eigenvalue weighted by Crippen LogP contribution is -2.48. The molecule has 1 fully saturated rings. The van der Waals surface area contributed by atoms with Crippen molar-refractivity contribution in [1.29, 1.82) is 0 Å². The highest BCUT2D eigenvalue weighted by Gasteiger charge is 2.33. The van der Waals surface area contributed by atoms with Gasteiger partial charge in [0.2, 0.25) is 0 Å². The SMILES string of the molecule is COc1ccc(CN2CCOCC(O)(COc3cccc(C)c3)C2)cc1OCCn1cc(C)cn1. The van der Waals surface area contributed by atoms with Crippen LogP contribution < -0.4 is 14.2 Å². The fraction of sp³-hybridized carbons (Fsp3) is 0.444. The van der Waals surface area contributed by atoms with Crippen molar-refractivity contribution in [2.24, 2.45) is 0 Å². The van der Waals surface area contributed by atoms with E-state index in [0.29, 0.717) is 50.9 Å². The summed E-state index contributed by atoms with van der Waals surface area (Å²) in [5.74, 6) is 2.13. The maximum atomic E-state index is 11.2. The minimum Gasteiger partial charge on any atom is -0.493 e. The number of hydrogen-bond acceptors (Lipinski definition) is 7. The lowest BCUT2D eigenvalue weighted by molar-refractivity contribution is -0.0646. The first kappa shape index (κ1) is 25.0. The van der Waals surface area contributed by atoms with Gasteiger partial charge in [0, 0.05) is 25.8 Å². The molecule has 0 amide bonds. The molecule has 1 unspecified atom stereocenters. The zero-order valence-electron chi connectivity index (χ0n) is 20.8. The van der Waals surface area contributed by atoms with E-state index in [0.717, 1.165) is 22.4 Å². The first-order valence-corrected chi connectivity index (χ1v) is 11.9. The van der Waals surface area contributed by atoms with Gasteiger partial charge in [-0.15, -0.1) is 0 Å². The summed E-state index contributed by atoms with van der Waals surface area (Å²) < 4.78 is 25.0. The van der Waals surface area contributed by atoms with Crippen LogP contribution in [-0.2, 0) is 17.8 Å². The summed E-state index contributed by atoms with van der Waals surface area (Å²) in [5.41, 5.74) is 2.20. The molecular weight excluding hydrogens is 446 g/mol. The van der Waals surface area contributed by atoms with Gasteiger partial charge in [0.05, 0.1) is 33.1 Å². The molecule has 0 aliphatic carbocycles. The van der Waals surface area contributed by atoms with Crippen molar-refractivity contribution in [3.63, 3.8) is 0 Å². The standard InChI is InChI=1S/C27H35N3O5/c1-21-5-4-6-24(13-21)35-20-27(31)18-29(9-11-33-19-27)17-23-7-8-25(32-3)26(14-23)34-12-10-30-16-22(2)15-28-30/h4-8,13-16,31H,9-12,17-20H2,1-3H3. The van der Waals surface area contributed by atoms with Crippen LogP contribution in [0.15, 0.2) is 54.9 Å². The number of aliphatic hydroxyl groups is 1. The summed E-state index contributed by atoms with van der Waals surface area (Å²) in [6.07, 6.45) is 3.82. The van der Waals surface area contributed by atoms with Gasteiger partial charge in [0.15, 0.2) is 11.5 Å². The molecule has 1 saturated heterocycles. The summed E-state index contributed by atoms with van der Waals surface area (Å²) in [6.45, 7) is 7.92. The molecule has 1 aliphatic heterocycles. The number of aryl methyl sites for hydroxylation is 2. The van der Waals surface area contributed by atoms with Gasteiger partial charge in [-0.3, -0.25) is 9.58 Å². The Morgan fingerprint density at radius 3 is 2.74 bits per heavy atom. The van der Waals surface area contributed by atoms with E-state index in [1.165, 1.54) is 0 Å². The predicted octanol–water partition coefficient (Wildman–Crippen LogP) is 3.23. The lowest BCUT2D eigenvalue weighted by atomic mass is 10.1. The molecule has 1 N–H and O–H groups in total. The van der Waals surface area contributed by atoms with E-state index in [2.05, 4.69) is 10.00 Å². The van der Waals surface area contributed by atoms with Crippen LogP contribution in [0.1, 0.15) is 16.7 Å². The monoisotopic (exact) mass is 481 g/mol. The molecule has 188 valence electrons. The average Bonchev–Trinajstić information content (AvgIpc) is 3.16. The highest BCUT2D eigenvalue weighted by Crippen LogP contribution is 2.29. The highest BCUT2D eigenvalue weighted by atomic mass is 16.5. The van der Waals surface area contributed by atoms with Crippen LogP contribution in [0.2, 0.25) is 0 Å². The van der Waals surface area contributed by atoms with Crippen LogP contribution >= 0.6 is 0 Å². The Morgan fingerprint density at radius 1 is 1.09 bits per heavy atom. The third-order valence-electron chi connectivity index (χ3n) is 5.91. The van der Waals surface area contributed by atoms with Crippen molar-refractivity contribution in [1.82, 2.24) is 14.7 Å². The fourth-order valence-corrected chi connectivity index (χ4v) is 4.17. The third-order valence-corrected chi connectivity index (χ3v) is 5.91. The number of ether oxygens (including phenoxy) is 4. The fourth-order valence-electron chi connectivity index (χ4n) is 4.17. The number of nitrogens with zero attached hydrogens (tertiary/aromatic N) is 3. The van der Waals surface area contributed by atoms with Crippen LogP contribution in [0.25, 0.3) is 0 Å². The smallest absolute Gasteiger partial charge is 0.161 e. The average molecular weight is 482 g/mol. The zero-order chi connectivity index (χ0) is 24.7. The van der Waals surface area contributed by atoms with Gasteiger partial charge in [-0.05, 0) is 54.8 Å². The molecule has 8 nitrogen and oxygen atoms in total. The number of methoxy groups -OCH3 is 1. The van der Waals surface area contributed by atoms with Gasteiger partial charge >= 0.3 is 0 Å². The van der Waals surface area contributed by atoms with Crippen molar-refractivity contribution >= 4 is 0 Å². The quantitative estimate of drug-likeness (QED) is 0.476. The summed E-state index contributed by atoms with van der Waals surface area (Å²) in [6, 6.07) is 13.8. The molecule has 0 spiro atoms. The van der Waals surface area contributed by atoms with E-state index in [1.807, 2.05) is 73.4 Å². The van der Waals surface area contributed by atoms with Crippen molar-refractivity contribution in [3.05, 3.63) is 71.5 Å². The Hall–Kier alpha value is -3.07. The van der Waals surface area contributed by atoms with Crippen molar-refractivity contribution in [3.8, 4) is 17.2 Å². The minimum atomic E-state index is -1.10. The lowest BCUT2D eigenvalue weighted by Gasteiger charge is -2.30. The van der Waals surface area contributed by atoms with Gasteiger partial charge in [0.1, 0.15) is 24.6 Å². The molecule has 8 heteroatoms. The predicted molar refractivity (Wildman–Crippen MR) is 133 cm³/mol. The molecule has 2 aromatic carbocycles. The maximum absolute atomic E-state index is 11.2. The molecule has 0 saturated carbocycles. The van der Waals surface area contributed by atoms with Gasteiger partial charge in [-0.2, -0.15) is 5.10 Å². The van der Waals surface area contributed by atoms with Crippen LogP contribution in [0, 0.1) is 13.8 Å². The van der Waals surface area contributed by atoms with E-state index in [-0.39, 0.29) is 13.2 Å². The Kier molecular flexibility index (Phi) is 8.28. The second-order valence-corrected chi connectivity index (χ2v) is 9.21. The first-order chi connectivity index (χ1) is 16.9. The number of β-amino-alcohol motifs (C(OH)–C–C–N with tert-alkyl or cyclic N) is 1. The molecule has 35 heavy (non-hydrogen) atoms. The van der Waals surface area contributed by atoms with Crippen LogP contribution in [-0.4, -0.2) is 72.0 Å². The van der Waals surface area contributed by atoms with Gasteiger partial charge < -0.3 is 24.1 Å². The summed E-state index contributed by atoms with van der Waals surface area (Å²) in [5, 5.41) is 15.5.